The Morgan fingerprint density at radius 3 is 2.46 bits per heavy atom. The maximum Gasteiger partial charge on any atom is 0.416 e. The van der Waals surface area contributed by atoms with Crippen LogP contribution in [0.5, 0.6) is 0 Å². The summed E-state index contributed by atoms with van der Waals surface area (Å²) in [5.74, 6) is -0.294. The predicted molar refractivity (Wildman–Crippen MR) is 132 cm³/mol. The molecule has 1 aliphatic rings. The number of unbranched alkanes of at least 4 members (excludes halogenated alkanes) is 3. The third kappa shape index (κ3) is 6.16. The molecule has 0 aliphatic carbocycles. The van der Waals surface area contributed by atoms with E-state index in [1.807, 2.05) is 16.7 Å². The number of hydrogen-bond acceptors (Lipinski definition) is 3. The van der Waals surface area contributed by atoms with Gasteiger partial charge in [-0.1, -0.05) is 44.4 Å². The Balaban J connectivity index is 1.67. The first-order valence-corrected chi connectivity index (χ1v) is 12.7. The van der Waals surface area contributed by atoms with Crippen LogP contribution in [0.3, 0.4) is 0 Å². The lowest BCUT2D eigenvalue weighted by molar-refractivity contribution is -0.137. The van der Waals surface area contributed by atoms with Crippen LogP contribution in [0, 0.1) is 5.82 Å². The van der Waals surface area contributed by atoms with E-state index in [9.17, 15) is 22.4 Å². The van der Waals surface area contributed by atoms with Gasteiger partial charge in [-0.2, -0.15) is 13.2 Å². The highest BCUT2D eigenvalue weighted by atomic mass is 32.2. The van der Waals surface area contributed by atoms with Crippen LogP contribution in [-0.2, 0) is 25.7 Å². The van der Waals surface area contributed by atoms with Crippen molar-refractivity contribution in [1.82, 2.24) is 8.87 Å². The number of hydrogen-bond donors (Lipinski definition) is 0. The van der Waals surface area contributed by atoms with Crippen LogP contribution >= 0.6 is 11.9 Å². The number of alkyl halides is 3. The summed E-state index contributed by atoms with van der Waals surface area (Å²) in [5, 5.41) is 0. The standard InChI is InChI=1S/C27H28F4N2OS/c1-2-3-4-5-14-33-25-13-15-32(35-23-8-6-7-22(28)17-23)18-20(25)16-24(26(33)34)19-9-11-21(12-10-19)27(29,30)31/h6-12,16-17H,2-5,13-15,18H2,1H3. The molecule has 0 fully saturated rings. The summed E-state index contributed by atoms with van der Waals surface area (Å²) in [7, 11) is 0. The molecule has 0 amide bonds. The van der Waals surface area contributed by atoms with Crippen LogP contribution in [0.2, 0.25) is 0 Å². The van der Waals surface area contributed by atoms with Crippen LogP contribution in [0.25, 0.3) is 11.1 Å². The minimum absolute atomic E-state index is 0.161. The van der Waals surface area contributed by atoms with E-state index < -0.39 is 11.7 Å². The van der Waals surface area contributed by atoms with Crippen LogP contribution in [0.15, 0.2) is 64.3 Å². The molecule has 0 radical (unpaired) electrons. The van der Waals surface area contributed by atoms with Gasteiger partial charge in [-0.15, -0.1) is 0 Å². The van der Waals surface area contributed by atoms with Gasteiger partial charge in [-0.3, -0.25) is 4.79 Å². The minimum atomic E-state index is -4.43. The highest BCUT2D eigenvalue weighted by molar-refractivity contribution is 7.97. The first-order valence-electron chi connectivity index (χ1n) is 11.9. The van der Waals surface area contributed by atoms with Crippen LogP contribution < -0.4 is 5.56 Å². The summed E-state index contributed by atoms with van der Waals surface area (Å²) in [5.41, 5.74) is 1.94. The second-order valence-corrected chi connectivity index (χ2v) is 9.96. The van der Waals surface area contributed by atoms with E-state index in [4.69, 9.17) is 0 Å². The fraction of sp³-hybridized carbons (Fsp3) is 0.370. The smallest absolute Gasteiger partial charge is 0.312 e. The highest BCUT2D eigenvalue weighted by Gasteiger charge is 2.30. The summed E-state index contributed by atoms with van der Waals surface area (Å²) in [6.07, 6.45) is 0.317. The Morgan fingerprint density at radius 1 is 1.00 bits per heavy atom. The number of pyridine rings is 1. The van der Waals surface area contributed by atoms with Gasteiger partial charge in [-0.05, 0) is 65.9 Å². The van der Waals surface area contributed by atoms with Crippen LogP contribution in [0.1, 0.15) is 49.4 Å². The van der Waals surface area contributed by atoms with Gasteiger partial charge in [0.15, 0.2) is 0 Å². The van der Waals surface area contributed by atoms with Crippen LogP contribution in [0.4, 0.5) is 17.6 Å². The zero-order valence-electron chi connectivity index (χ0n) is 19.6. The molecule has 2 aromatic carbocycles. The van der Waals surface area contributed by atoms with Crippen molar-refractivity contribution in [3.05, 3.63) is 87.6 Å². The van der Waals surface area contributed by atoms with Crippen LogP contribution in [-0.4, -0.2) is 15.4 Å². The fourth-order valence-corrected chi connectivity index (χ4v) is 5.41. The molecule has 8 heteroatoms. The van der Waals surface area contributed by atoms with Gasteiger partial charge in [0.2, 0.25) is 0 Å². The Bertz CT molecular complexity index is 1220. The average molecular weight is 505 g/mol. The zero-order valence-corrected chi connectivity index (χ0v) is 20.4. The van der Waals surface area contributed by atoms with Gasteiger partial charge in [0.25, 0.3) is 5.56 Å². The largest absolute Gasteiger partial charge is 0.416 e. The molecule has 3 aromatic rings. The quantitative estimate of drug-likeness (QED) is 0.183. The SMILES string of the molecule is CCCCCCn1c2c(cc(-c3ccc(C(F)(F)F)cc3)c1=O)CN(Sc1cccc(F)c1)CC2. The molecule has 0 saturated heterocycles. The van der Waals surface area contributed by atoms with E-state index in [-0.39, 0.29) is 11.4 Å². The summed E-state index contributed by atoms with van der Waals surface area (Å²) >= 11 is 1.46. The molecule has 186 valence electrons. The molecule has 0 unspecified atom stereocenters. The van der Waals surface area contributed by atoms with Crippen molar-refractivity contribution in [3.63, 3.8) is 0 Å². The van der Waals surface area contributed by atoms with Gasteiger partial charge in [0.1, 0.15) is 5.82 Å². The van der Waals surface area contributed by atoms with Crippen molar-refractivity contribution in [1.29, 1.82) is 0 Å². The molecule has 1 aromatic heterocycles. The molecule has 0 N–H and O–H groups in total. The minimum Gasteiger partial charge on any atom is -0.312 e. The third-order valence-electron chi connectivity index (χ3n) is 6.22. The predicted octanol–water partition coefficient (Wildman–Crippen LogP) is 7.32. The summed E-state index contributed by atoms with van der Waals surface area (Å²) in [6, 6.07) is 13.0. The number of aromatic nitrogens is 1. The second kappa shape index (κ2) is 11.0. The fourth-order valence-electron chi connectivity index (χ4n) is 4.42. The number of rotatable bonds is 8. The van der Waals surface area contributed by atoms with E-state index in [0.29, 0.717) is 37.2 Å². The van der Waals surface area contributed by atoms with Gasteiger partial charge in [-0.25, -0.2) is 8.70 Å². The van der Waals surface area contributed by atoms with Crippen molar-refractivity contribution < 1.29 is 17.6 Å². The lowest BCUT2D eigenvalue weighted by atomic mass is 9.99. The molecule has 2 heterocycles. The van der Waals surface area contributed by atoms with E-state index in [0.717, 1.165) is 54.0 Å². The first kappa shape index (κ1) is 25.5. The second-order valence-electron chi connectivity index (χ2n) is 8.78. The monoisotopic (exact) mass is 504 g/mol. The lowest BCUT2D eigenvalue weighted by Crippen LogP contribution is -2.33. The maximum atomic E-state index is 13.6. The highest BCUT2D eigenvalue weighted by Crippen LogP contribution is 2.33. The molecule has 35 heavy (non-hydrogen) atoms. The Kier molecular flexibility index (Phi) is 8.02. The Labute approximate surface area is 206 Å². The summed E-state index contributed by atoms with van der Waals surface area (Å²) in [6.45, 7) is 3.98. The summed E-state index contributed by atoms with van der Waals surface area (Å²) < 4.78 is 56.7. The molecule has 0 spiro atoms. The molecule has 0 atom stereocenters. The molecule has 0 saturated carbocycles. The number of benzene rings is 2. The molecule has 0 bridgehead atoms. The topological polar surface area (TPSA) is 25.2 Å². The molecular formula is C27H28F4N2OS. The third-order valence-corrected chi connectivity index (χ3v) is 7.26. The first-order chi connectivity index (χ1) is 16.8. The van der Waals surface area contributed by atoms with Gasteiger partial charge in [0.05, 0.1) is 5.56 Å². The van der Waals surface area contributed by atoms with Crippen molar-refractivity contribution in [2.24, 2.45) is 0 Å². The van der Waals surface area contributed by atoms with E-state index >= 15 is 0 Å². The van der Waals surface area contributed by atoms with Crippen molar-refractivity contribution in [2.75, 3.05) is 6.54 Å². The Morgan fingerprint density at radius 2 is 1.77 bits per heavy atom. The maximum absolute atomic E-state index is 13.6. The van der Waals surface area contributed by atoms with E-state index in [1.165, 1.54) is 36.2 Å². The molecule has 4 rings (SSSR count). The van der Waals surface area contributed by atoms with Gasteiger partial charge < -0.3 is 4.57 Å². The van der Waals surface area contributed by atoms with Crippen molar-refractivity contribution in [2.45, 2.75) is 63.2 Å². The Hall–Kier alpha value is -2.58. The average Bonchev–Trinajstić information content (AvgIpc) is 2.82. The van der Waals surface area contributed by atoms with Crippen molar-refractivity contribution in [3.8, 4) is 11.1 Å². The summed E-state index contributed by atoms with van der Waals surface area (Å²) in [4.78, 5) is 14.3. The zero-order chi connectivity index (χ0) is 25.0. The van der Waals surface area contributed by atoms with Gasteiger partial charge >= 0.3 is 6.18 Å². The van der Waals surface area contributed by atoms with E-state index in [1.54, 1.807) is 6.07 Å². The van der Waals surface area contributed by atoms with E-state index in [2.05, 4.69) is 11.2 Å². The van der Waals surface area contributed by atoms with Gasteiger partial charge in [0, 0.05) is 42.2 Å². The molecule has 1 aliphatic heterocycles. The van der Waals surface area contributed by atoms with Crippen molar-refractivity contribution >= 4 is 11.9 Å². The molecular weight excluding hydrogens is 476 g/mol. The normalized spacial score (nSPS) is 14.2. The number of halogens is 4. The lowest BCUT2D eigenvalue weighted by Gasteiger charge is -2.30. The number of nitrogens with zero attached hydrogens (tertiary/aromatic N) is 2. The number of fused-ring (bicyclic) bond motifs is 1. The molecule has 3 nitrogen and oxygen atoms in total.